The van der Waals surface area contributed by atoms with Crippen molar-refractivity contribution < 1.29 is 5.11 Å². The van der Waals surface area contributed by atoms with Crippen LogP contribution in [0.1, 0.15) is 17.2 Å². The molecule has 2 heteroatoms. The summed E-state index contributed by atoms with van der Waals surface area (Å²) < 4.78 is 1.03. The maximum Gasteiger partial charge on any atom is 0.0830 e. The summed E-state index contributed by atoms with van der Waals surface area (Å²) in [6, 6.07) is 22.4. The Bertz CT molecular complexity index is 714. The molecule has 0 aliphatic rings. The summed E-state index contributed by atoms with van der Waals surface area (Å²) in [5.41, 5.74) is 2.12. The third-order valence-electron chi connectivity index (χ3n) is 3.55. The average molecular weight is 327 g/mol. The van der Waals surface area contributed by atoms with Crippen molar-refractivity contribution in [3.05, 3.63) is 82.3 Å². The van der Waals surface area contributed by atoms with Crippen LogP contribution in [0, 0.1) is 0 Å². The molecule has 0 fully saturated rings. The first-order valence-corrected chi connectivity index (χ1v) is 7.43. The molecule has 0 aliphatic carbocycles. The van der Waals surface area contributed by atoms with E-state index >= 15 is 0 Å². The first-order valence-electron chi connectivity index (χ1n) is 6.64. The summed E-state index contributed by atoms with van der Waals surface area (Å²) in [6.07, 6.45) is 0.150. The van der Waals surface area contributed by atoms with E-state index in [2.05, 4.69) is 40.2 Å². The van der Waals surface area contributed by atoms with Crippen LogP contribution in [0.4, 0.5) is 0 Å². The van der Waals surface area contributed by atoms with E-state index < -0.39 is 6.10 Å². The van der Waals surface area contributed by atoms with Gasteiger partial charge in [-0.25, -0.2) is 0 Å². The molecule has 1 unspecified atom stereocenters. The minimum absolute atomic E-state index is 0.478. The van der Waals surface area contributed by atoms with Gasteiger partial charge in [-0.2, -0.15) is 0 Å². The molecule has 1 N–H and O–H groups in total. The van der Waals surface area contributed by atoms with Crippen molar-refractivity contribution in [2.75, 3.05) is 0 Å². The monoisotopic (exact) mass is 326 g/mol. The van der Waals surface area contributed by atoms with Crippen molar-refractivity contribution in [3.8, 4) is 0 Å². The van der Waals surface area contributed by atoms with Crippen LogP contribution in [0.5, 0.6) is 0 Å². The predicted molar refractivity (Wildman–Crippen MR) is 86.8 cm³/mol. The number of hydrogen-bond donors (Lipinski definition) is 1. The molecule has 0 heterocycles. The van der Waals surface area contributed by atoms with Gasteiger partial charge >= 0.3 is 0 Å². The molecule has 20 heavy (non-hydrogen) atoms. The van der Waals surface area contributed by atoms with Crippen molar-refractivity contribution in [2.24, 2.45) is 0 Å². The molecule has 3 aromatic rings. The summed E-state index contributed by atoms with van der Waals surface area (Å²) in [4.78, 5) is 0. The number of fused-ring (bicyclic) bond motifs is 1. The summed E-state index contributed by atoms with van der Waals surface area (Å²) in [6.45, 7) is 0. The lowest BCUT2D eigenvalue weighted by Crippen LogP contribution is -2.02. The van der Waals surface area contributed by atoms with E-state index in [-0.39, 0.29) is 0 Å². The van der Waals surface area contributed by atoms with E-state index in [1.54, 1.807) is 0 Å². The Morgan fingerprint density at radius 3 is 2.35 bits per heavy atom. The van der Waals surface area contributed by atoms with Crippen LogP contribution < -0.4 is 0 Å². The van der Waals surface area contributed by atoms with Crippen molar-refractivity contribution in [3.63, 3.8) is 0 Å². The van der Waals surface area contributed by atoms with Gasteiger partial charge < -0.3 is 5.11 Å². The first-order chi connectivity index (χ1) is 9.74. The van der Waals surface area contributed by atoms with Crippen LogP contribution in [0.25, 0.3) is 10.8 Å². The van der Waals surface area contributed by atoms with Gasteiger partial charge in [0.25, 0.3) is 0 Å². The highest BCUT2D eigenvalue weighted by molar-refractivity contribution is 9.10. The molecule has 3 aromatic carbocycles. The van der Waals surface area contributed by atoms with Crippen LogP contribution in [-0.4, -0.2) is 5.11 Å². The molecule has 0 aliphatic heterocycles. The fourth-order valence-corrected chi connectivity index (χ4v) is 2.75. The lowest BCUT2D eigenvalue weighted by Gasteiger charge is -2.13. The lowest BCUT2D eigenvalue weighted by molar-refractivity contribution is 0.179. The molecule has 0 spiro atoms. The SMILES string of the molecule is OC(Cc1cccc2ccccc12)c1ccc(Br)cc1. The van der Waals surface area contributed by atoms with Gasteiger partial charge in [0.1, 0.15) is 0 Å². The number of aliphatic hydroxyl groups is 1. The number of hydrogen-bond acceptors (Lipinski definition) is 1. The second kappa shape index (κ2) is 5.78. The molecule has 0 aromatic heterocycles. The van der Waals surface area contributed by atoms with Gasteiger partial charge in [-0.05, 0) is 34.0 Å². The summed E-state index contributed by atoms with van der Waals surface area (Å²) in [7, 11) is 0. The van der Waals surface area contributed by atoms with E-state index in [1.807, 2.05) is 42.5 Å². The third-order valence-corrected chi connectivity index (χ3v) is 4.08. The number of benzene rings is 3. The maximum atomic E-state index is 10.4. The summed E-state index contributed by atoms with van der Waals surface area (Å²) >= 11 is 3.41. The highest BCUT2D eigenvalue weighted by Crippen LogP contribution is 2.25. The van der Waals surface area contributed by atoms with Crippen LogP contribution in [0.2, 0.25) is 0 Å². The molecule has 100 valence electrons. The fraction of sp³-hybridized carbons (Fsp3) is 0.111. The van der Waals surface area contributed by atoms with Crippen molar-refractivity contribution in [1.82, 2.24) is 0 Å². The minimum atomic E-state index is -0.478. The molecule has 0 bridgehead atoms. The molecular weight excluding hydrogens is 312 g/mol. The standard InChI is InChI=1S/C18H15BrO/c19-16-10-8-14(9-11-16)18(20)12-15-6-3-5-13-4-1-2-7-17(13)15/h1-11,18,20H,12H2. The normalized spacial score (nSPS) is 12.5. The molecule has 0 saturated carbocycles. The van der Waals surface area contributed by atoms with Crippen LogP contribution in [0.3, 0.4) is 0 Å². The molecule has 0 saturated heterocycles. The van der Waals surface area contributed by atoms with E-state index in [9.17, 15) is 5.11 Å². The average Bonchev–Trinajstić information content (AvgIpc) is 2.48. The van der Waals surface area contributed by atoms with E-state index in [4.69, 9.17) is 0 Å². The van der Waals surface area contributed by atoms with Crippen LogP contribution >= 0.6 is 15.9 Å². The van der Waals surface area contributed by atoms with Gasteiger partial charge in [0.05, 0.1) is 6.10 Å². The second-order valence-electron chi connectivity index (χ2n) is 4.91. The molecule has 0 radical (unpaired) electrons. The minimum Gasteiger partial charge on any atom is -0.388 e. The zero-order chi connectivity index (χ0) is 13.9. The van der Waals surface area contributed by atoms with Crippen molar-refractivity contribution >= 4 is 26.7 Å². The Morgan fingerprint density at radius 1 is 0.850 bits per heavy atom. The molecule has 0 amide bonds. The van der Waals surface area contributed by atoms with Gasteiger partial charge in [-0.15, -0.1) is 0 Å². The largest absolute Gasteiger partial charge is 0.388 e. The molecule has 3 rings (SSSR count). The number of rotatable bonds is 3. The fourth-order valence-electron chi connectivity index (χ4n) is 2.48. The van der Waals surface area contributed by atoms with Crippen molar-refractivity contribution in [1.29, 1.82) is 0 Å². The first kappa shape index (κ1) is 13.3. The Balaban J connectivity index is 1.91. The zero-order valence-electron chi connectivity index (χ0n) is 11.0. The van der Waals surface area contributed by atoms with E-state index in [0.717, 1.165) is 10.0 Å². The zero-order valence-corrected chi connectivity index (χ0v) is 12.5. The van der Waals surface area contributed by atoms with Crippen LogP contribution in [-0.2, 0) is 6.42 Å². The summed E-state index contributed by atoms with van der Waals surface area (Å²) in [5.74, 6) is 0. The van der Waals surface area contributed by atoms with Gasteiger partial charge in [0, 0.05) is 10.9 Å². The van der Waals surface area contributed by atoms with Crippen molar-refractivity contribution in [2.45, 2.75) is 12.5 Å². The second-order valence-corrected chi connectivity index (χ2v) is 5.83. The van der Waals surface area contributed by atoms with Gasteiger partial charge in [-0.1, -0.05) is 70.5 Å². The topological polar surface area (TPSA) is 20.2 Å². The highest BCUT2D eigenvalue weighted by Gasteiger charge is 2.10. The number of aliphatic hydroxyl groups excluding tert-OH is 1. The van der Waals surface area contributed by atoms with E-state index in [0.29, 0.717) is 6.42 Å². The van der Waals surface area contributed by atoms with Gasteiger partial charge in [0.15, 0.2) is 0 Å². The Morgan fingerprint density at radius 2 is 1.55 bits per heavy atom. The predicted octanol–water partition coefficient (Wildman–Crippen LogP) is 4.88. The number of halogens is 1. The van der Waals surface area contributed by atoms with Gasteiger partial charge in [0.2, 0.25) is 0 Å². The summed E-state index contributed by atoms with van der Waals surface area (Å²) in [5, 5.41) is 12.8. The smallest absolute Gasteiger partial charge is 0.0830 e. The Kier molecular flexibility index (Phi) is 3.86. The third kappa shape index (κ3) is 2.77. The Hall–Kier alpha value is -1.64. The maximum absolute atomic E-state index is 10.4. The Labute approximate surface area is 127 Å². The molecular formula is C18H15BrO. The van der Waals surface area contributed by atoms with E-state index in [1.165, 1.54) is 16.3 Å². The highest BCUT2D eigenvalue weighted by atomic mass is 79.9. The quantitative estimate of drug-likeness (QED) is 0.727. The van der Waals surface area contributed by atoms with Gasteiger partial charge in [-0.3, -0.25) is 0 Å². The lowest BCUT2D eigenvalue weighted by atomic mass is 9.97. The molecule has 1 atom stereocenters. The van der Waals surface area contributed by atoms with Crippen LogP contribution in [0.15, 0.2) is 71.2 Å². The molecule has 1 nitrogen and oxygen atoms in total.